The molecule has 0 aliphatic heterocycles. The second kappa shape index (κ2) is 12.4. The number of nitrogens with zero attached hydrogens (tertiary/aromatic N) is 1. The van der Waals surface area contributed by atoms with Crippen LogP contribution in [0.25, 0.3) is 0 Å². The van der Waals surface area contributed by atoms with Crippen molar-refractivity contribution in [3.05, 3.63) is 23.8 Å². The molecule has 2 rings (SSSR count). The number of halogens is 4. The molecule has 1 unspecified atom stereocenters. The van der Waals surface area contributed by atoms with E-state index in [9.17, 15) is 18.3 Å². The summed E-state index contributed by atoms with van der Waals surface area (Å²) in [4.78, 5) is 4.41. The van der Waals surface area contributed by atoms with Crippen molar-refractivity contribution in [3.8, 4) is 11.5 Å². The predicted octanol–water partition coefficient (Wildman–Crippen LogP) is 4.03. The SMILES string of the molecule is CCNC(=NCC(O)c1cc(OC)ccc1OC)NC1CCC(C(F)(F)F)CC1.I. The molecule has 0 bridgehead atoms. The molecule has 1 aromatic carbocycles. The number of aliphatic hydroxyl groups is 1. The van der Waals surface area contributed by atoms with Crippen molar-refractivity contribution in [3.63, 3.8) is 0 Å². The number of ether oxygens (including phenoxy) is 2. The topological polar surface area (TPSA) is 75.1 Å². The Hall–Kier alpha value is -1.43. The molecule has 30 heavy (non-hydrogen) atoms. The largest absolute Gasteiger partial charge is 0.497 e. The van der Waals surface area contributed by atoms with Crippen LogP contribution in [-0.2, 0) is 0 Å². The van der Waals surface area contributed by atoms with E-state index in [1.807, 2.05) is 6.92 Å². The molecule has 0 heterocycles. The molecule has 172 valence electrons. The highest BCUT2D eigenvalue weighted by Gasteiger charge is 2.41. The second-order valence-electron chi connectivity index (χ2n) is 7.08. The van der Waals surface area contributed by atoms with Crippen molar-refractivity contribution in [1.29, 1.82) is 0 Å². The fraction of sp³-hybridized carbons (Fsp3) is 0.650. The highest BCUT2D eigenvalue weighted by molar-refractivity contribution is 14.0. The van der Waals surface area contributed by atoms with E-state index in [1.54, 1.807) is 18.2 Å². The summed E-state index contributed by atoms with van der Waals surface area (Å²) in [5.41, 5.74) is 0.553. The fourth-order valence-electron chi connectivity index (χ4n) is 3.45. The number of benzene rings is 1. The van der Waals surface area contributed by atoms with Gasteiger partial charge in [0.25, 0.3) is 0 Å². The lowest BCUT2D eigenvalue weighted by Gasteiger charge is -2.31. The monoisotopic (exact) mass is 545 g/mol. The van der Waals surface area contributed by atoms with Gasteiger partial charge in [-0.25, -0.2) is 0 Å². The Kier molecular flexibility index (Phi) is 11.0. The van der Waals surface area contributed by atoms with Crippen molar-refractivity contribution < 1.29 is 27.8 Å². The Morgan fingerprint density at radius 2 is 1.87 bits per heavy atom. The van der Waals surface area contributed by atoms with Crippen molar-refractivity contribution in [2.45, 2.75) is 50.9 Å². The van der Waals surface area contributed by atoms with Crippen molar-refractivity contribution in [2.24, 2.45) is 10.9 Å². The van der Waals surface area contributed by atoms with Gasteiger partial charge in [0.15, 0.2) is 5.96 Å². The third kappa shape index (κ3) is 7.68. The van der Waals surface area contributed by atoms with E-state index in [4.69, 9.17) is 9.47 Å². The molecule has 1 aromatic rings. The first-order valence-corrected chi connectivity index (χ1v) is 9.80. The number of alkyl halides is 3. The minimum Gasteiger partial charge on any atom is -0.497 e. The number of nitrogens with one attached hydrogen (secondary N) is 2. The summed E-state index contributed by atoms with van der Waals surface area (Å²) in [6.45, 7) is 2.57. The van der Waals surface area contributed by atoms with E-state index in [-0.39, 0.29) is 49.4 Å². The third-order valence-corrected chi connectivity index (χ3v) is 5.09. The van der Waals surface area contributed by atoms with E-state index in [2.05, 4.69) is 15.6 Å². The summed E-state index contributed by atoms with van der Waals surface area (Å²) in [7, 11) is 3.06. The molecule has 0 spiro atoms. The number of rotatable bonds is 7. The molecule has 0 aromatic heterocycles. The zero-order valence-electron chi connectivity index (χ0n) is 17.5. The van der Waals surface area contributed by atoms with Crippen LogP contribution in [0, 0.1) is 5.92 Å². The molecule has 3 N–H and O–H groups in total. The highest BCUT2D eigenvalue weighted by Crippen LogP contribution is 2.37. The van der Waals surface area contributed by atoms with Gasteiger partial charge in [-0.1, -0.05) is 0 Å². The Morgan fingerprint density at radius 1 is 1.20 bits per heavy atom. The molecular weight excluding hydrogens is 514 g/mol. The van der Waals surface area contributed by atoms with E-state index < -0.39 is 18.2 Å². The molecular formula is C20H31F3IN3O3. The molecule has 1 aliphatic rings. The maximum absolute atomic E-state index is 12.8. The average molecular weight is 545 g/mol. The predicted molar refractivity (Wildman–Crippen MR) is 121 cm³/mol. The Bertz CT molecular complexity index is 681. The average Bonchev–Trinajstić information content (AvgIpc) is 2.71. The number of aliphatic hydroxyl groups excluding tert-OH is 1. The van der Waals surface area contributed by atoms with Gasteiger partial charge in [-0.15, -0.1) is 24.0 Å². The van der Waals surface area contributed by atoms with Crippen LogP contribution < -0.4 is 20.1 Å². The van der Waals surface area contributed by atoms with Gasteiger partial charge in [0.2, 0.25) is 0 Å². The first-order chi connectivity index (χ1) is 13.8. The van der Waals surface area contributed by atoms with Crippen LogP contribution >= 0.6 is 24.0 Å². The zero-order chi connectivity index (χ0) is 21.4. The van der Waals surface area contributed by atoms with E-state index in [0.717, 1.165) is 0 Å². The standard InChI is InChI=1S/C20H30F3N3O3.HI/c1-4-24-19(26-14-7-5-13(6-8-14)20(21,22)23)25-12-17(27)16-11-15(28-2)9-10-18(16)29-3;/h9-11,13-14,17,27H,4-8,12H2,1-3H3,(H2,24,25,26);1H. The van der Waals surface area contributed by atoms with Crippen LogP contribution in [0.5, 0.6) is 11.5 Å². The maximum atomic E-state index is 12.8. The number of guanidine groups is 1. The van der Waals surface area contributed by atoms with Gasteiger partial charge in [0.1, 0.15) is 17.6 Å². The lowest BCUT2D eigenvalue weighted by molar-refractivity contribution is -0.182. The van der Waals surface area contributed by atoms with E-state index in [1.165, 1.54) is 14.2 Å². The van der Waals surface area contributed by atoms with Crippen molar-refractivity contribution >= 4 is 29.9 Å². The van der Waals surface area contributed by atoms with Gasteiger partial charge in [-0.05, 0) is 50.8 Å². The van der Waals surface area contributed by atoms with Crippen molar-refractivity contribution in [1.82, 2.24) is 10.6 Å². The lowest BCUT2D eigenvalue weighted by atomic mass is 9.85. The fourth-order valence-corrected chi connectivity index (χ4v) is 3.45. The smallest absolute Gasteiger partial charge is 0.391 e. The van der Waals surface area contributed by atoms with Crippen LogP contribution in [0.2, 0.25) is 0 Å². The van der Waals surface area contributed by atoms with Crippen LogP contribution in [0.15, 0.2) is 23.2 Å². The van der Waals surface area contributed by atoms with Gasteiger partial charge in [0.05, 0.1) is 26.7 Å². The minimum atomic E-state index is -4.12. The zero-order valence-corrected chi connectivity index (χ0v) is 19.8. The highest BCUT2D eigenvalue weighted by atomic mass is 127. The second-order valence-corrected chi connectivity index (χ2v) is 7.08. The van der Waals surface area contributed by atoms with E-state index in [0.29, 0.717) is 42.4 Å². The molecule has 1 atom stereocenters. The molecule has 1 saturated carbocycles. The van der Waals surface area contributed by atoms with Gasteiger partial charge in [0, 0.05) is 18.2 Å². The van der Waals surface area contributed by atoms with Crippen LogP contribution in [-0.4, -0.2) is 50.6 Å². The van der Waals surface area contributed by atoms with E-state index >= 15 is 0 Å². The lowest BCUT2D eigenvalue weighted by Crippen LogP contribution is -2.46. The molecule has 0 saturated heterocycles. The van der Waals surface area contributed by atoms with Crippen LogP contribution in [0.1, 0.15) is 44.3 Å². The number of aliphatic imine (C=N–C) groups is 1. The Labute approximate surface area is 192 Å². The first kappa shape index (κ1) is 26.6. The summed E-state index contributed by atoms with van der Waals surface area (Å²) in [6, 6.07) is 5.07. The van der Waals surface area contributed by atoms with Gasteiger partial charge in [-0.2, -0.15) is 13.2 Å². The number of methoxy groups -OCH3 is 2. The summed E-state index contributed by atoms with van der Waals surface area (Å²) < 4.78 is 49.0. The molecule has 1 aliphatic carbocycles. The first-order valence-electron chi connectivity index (χ1n) is 9.80. The molecule has 1 fully saturated rings. The Balaban J connectivity index is 0.00000450. The maximum Gasteiger partial charge on any atom is 0.391 e. The summed E-state index contributed by atoms with van der Waals surface area (Å²) >= 11 is 0. The molecule has 0 radical (unpaired) electrons. The number of hydrogen-bond acceptors (Lipinski definition) is 4. The van der Waals surface area contributed by atoms with Crippen LogP contribution in [0.3, 0.4) is 0 Å². The third-order valence-electron chi connectivity index (χ3n) is 5.09. The normalized spacial score (nSPS) is 20.7. The summed E-state index contributed by atoms with van der Waals surface area (Å²) in [5.74, 6) is 0.374. The number of hydrogen-bond donors (Lipinski definition) is 3. The van der Waals surface area contributed by atoms with Gasteiger partial charge < -0.3 is 25.2 Å². The Morgan fingerprint density at radius 3 is 2.40 bits per heavy atom. The molecule has 6 nitrogen and oxygen atoms in total. The van der Waals surface area contributed by atoms with Crippen molar-refractivity contribution in [2.75, 3.05) is 27.3 Å². The quantitative estimate of drug-likeness (QED) is 0.274. The van der Waals surface area contributed by atoms with Gasteiger partial charge in [-0.3, -0.25) is 4.99 Å². The molecule has 0 amide bonds. The summed E-state index contributed by atoms with van der Waals surface area (Å²) in [5, 5.41) is 16.8. The summed E-state index contributed by atoms with van der Waals surface area (Å²) in [6.07, 6.45) is -3.95. The van der Waals surface area contributed by atoms with Gasteiger partial charge >= 0.3 is 6.18 Å². The minimum absolute atomic E-state index is 0. The molecule has 10 heteroatoms. The van der Waals surface area contributed by atoms with Crippen LogP contribution in [0.4, 0.5) is 13.2 Å².